The standard InChI is InChI=1S/C11H13ClN4/c1-8-3-11(12)14-6-10(8)13-4-9-5-15-16(2)7-9/h3,5-7,13H,4H2,1-2H3. The van der Waals surface area contributed by atoms with Crippen LogP contribution in [0.2, 0.25) is 5.15 Å². The Balaban J connectivity index is 2.04. The van der Waals surface area contributed by atoms with Gasteiger partial charge in [0.2, 0.25) is 0 Å². The molecule has 0 saturated heterocycles. The average molecular weight is 237 g/mol. The van der Waals surface area contributed by atoms with Gasteiger partial charge in [-0.25, -0.2) is 4.98 Å². The summed E-state index contributed by atoms with van der Waals surface area (Å²) < 4.78 is 1.78. The van der Waals surface area contributed by atoms with Crippen LogP contribution < -0.4 is 5.32 Å². The van der Waals surface area contributed by atoms with E-state index in [2.05, 4.69) is 15.4 Å². The Morgan fingerprint density at radius 1 is 1.44 bits per heavy atom. The molecule has 16 heavy (non-hydrogen) atoms. The molecule has 0 saturated carbocycles. The smallest absolute Gasteiger partial charge is 0.129 e. The summed E-state index contributed by atoms with van der Waals surface area (Å²) in [5, 5.41) is 7.92. The summed E-state index contributed by atoms with van der Waals surface area (Å²) in [4.78, 5) is 4.04. The molecule has 0 aliphatic heterocycles. The highest BCUT2D eigenvalue weighted by atomic mass is 35.5. The van der Waals surface area contributed by atoms with Gasteiger partial charge >= 0.3 is 0 Å². The van der Waals surface area contributed by atoms with Crippen molar-refractivity contribution in [3.05, 3.63) is 40.9 Å². The van der Waals surface area contributed by atoms with Gasteiger partial charge in [-0.15, -0.1) is 0 Å². The van der Waals surface area contributed by atoms with Crippen LogP contribution in [0.15, 0.2) is 24.7 Å². The number of aromatic nitrogens is 3. The first-order chi connectivity index (χ1) is 7.65. The number of hydrogen-bond acceptors (Lipinski definition) is 3. The largest absolute Gasteiger partial charge is 0.379 e. The van der Waals surface area contributed by atoms with Crippen LogP contribution in [-0.4, -0.2) is 14.8 Å². The van der Waals surface area contributed by atoms with E-state index >= 15 is 0 Å². The maximum Gasteiger partial charge on any atom is 0.129 e. The molecule has 1 N–H and O–H groups in total. The normalized spacial score (nSPS) is 10.4. The number of hydrogen-bond donors (Lipinski definition) is 1. The van der Waals surface area contributed by atoms with Crippen LogP contribution in [0, 0.1) is 6.92 Å². The Labute approximate surface area is 99.3 Å². The van der Waals surface area contributed by atoms with Gasteiger partial charge in [-0.05, 0) is 18.6 Å². The second kappa shape index (κ2) is 4.53. The molecule has 0 fully saturated rings. The third-order valence-corrected chi connectivity index (χ3v) is 2.53. The van der Waals surface area contributed by atoms with E-state index in [4.69, 9.17) is 11.6 Å². The third-order valence-electron chi connectivity index (χ3n) is 2.32. The monoisotopic (exact) mass is 236 g/mol. The maximum atomic E-state index is 5.79. The molecule has 0 spiro atoms. The van der Waals surface area contributed by atoms with Crippen LogP contribution in [-0.2, 0) is 13.6 Å². The van der Waals surface area contributed by atoms with E-state index in [1.807, 2.05) is 32.4 Å². The van der Waals surface area contributed by atoms with Gasteiger partial charge in [0.25, 0.3) is 0 Å². The fourth-order valence-corrected chi connectivity index (χ4v) is 1.68. The Kier molecular flexibility index (Phi) is 3.10. The van der Waals surface area contributed by atoms with Crippen molar-refractivity contribution < 1.29 is 0 Å². The van der Waals surface area contributed by atoms with Gasteiger partial charge in [-0.3, -0.25) is 4.68 Å². The number of nitrogens with zero attached hydrogens (tertiary/aromatic N) is 3. The highest BCUT2D eigenvalue weighted by Gasteiger charge is 2.01. The summed E-state index contributed by atoms with van der Waals surface area (Å²) in [5.74, 6) is 0. The van der Waals surface area contributed by atoms with E-state index in [9.17, 15) is 0 Å². The van der Waals surface area contributed by atoms with E-state index in [1.165, 1.54) is 0 Å². The van der Waals surface area contributed by atoms with E-state index in [0.29, 0.717) is 5.15 Å². The first-order valence-electron chi connectivity index (χ1n) is 4.98. The summed E-state index contributed by atoms with van der Waals surface area (Å²) >= 11 is 5.79. The van der Waals surface area contributed by atoms with Gasteiger partial charge in [0, 0.05) is 25.4 Å². The summed E-state index contributed by atoms with van der Waals surface area (Å²) in [6.45, 7) is 2.73. The van der Waals surface area contributed by atoms with E-state index in [-0.39, 0.29) is 0 Å². The summed E-state index contributed by atoms with van der Waals surface area (Å²) in [6.07, 6.45) is 5.56. The van der Waals surface area contributed by atoms with Gasteiger partial charge in [0.1, 0.15) is 5.15 Å². The lowest BCUT2D eigenvalue weighted by Gasteiger charge is -2.07. The van der Waals surface area contributed by atoms with E-state index < -0.39 is 0 Å². The SMILES string of the molecule is Cc1cc(Cl)ncc1NCc1cnn(C)c1. The summed E-state index contributed by atoms with van der Waals surface area (Å²) in [6, 6.07) is 1.84. The predicted octanol–water partition coefficient (Wildman–Crippen LogP) is 2.39. The molecule has 4 nitrogen and oxygen atoms in total. The Hall–Kier alpha value is -1.55. The zero-order valence-electron chi connectivity index (χ0n) is 9.24. The van der Waals surface area contributed by atoms with Crippen LogP contribution in [0.3, 0.4) is 0 Å². The maximum absolute atomic E-state index is 5.79. The highest BCUT2D eigenvalue weighted by molar-refractivity contribution is 6.29. The van der Waals surface area contributed by atoms with Crippen molar-refractivity contribution in [1.29, 1.82) is 0 Å². The highest BCUT2D eigenvalue weighted by Crippen LogP contribution is 2.17. The number of rotatable bonds is 3. The number of aryl methyl sites for hydroxylation is 2. The minimum Gasteiger partial charge on any atom is -0.379 e. The minimum absolute atomic E-state index is 0.518. The molecule has 0 bridgehead atoms. The first-order valence-corrected chi connectivity index (χ1v) is 5.36. The molecule has 84 valence electrons. The summed E-state index contributed by atoms with van der Waals surface area (Å²) in [7, 11) is 1.90. The Morgan fingerprint density at radius 3 is 2.88 bits per heavy atom. The van der Waals surface area contributed by atoms with Gasteiger partial charge in [-0.1, -0.05) is 11.6 Å². The lowest BCUT2D eigenvalue weighted by Crippen LogP contribution is -2.00. The number of nitrogens with one attached hydrogen (secondary N) is 1. The molecule has 2 rings (SSSR count). The van der Waals surface area contributed by atoms with Crippen LogP contribution in [0.1, 0.15) is 11.1 Å². The molecule has 0 aliphatic carbocycles. The van der Waals surface area contributed by atoms with Crippen LogP contribution in [0.5, 0.6) is 0 Å². The lowest BCUT2D eigenvalue weighted by molar-refractivity contribution is 0.767. The molecule has 0 radical (unpaired) electrons. The van der Waals surface area contributed by atoms with Crippen molar-refractivity contribution in [3.8, 4) is 0 Å². The third kappa shape index (κ3) is 2.52. The zero-order valence-corrected chi connectivity index (χ0v) is 9.99. The van der Waals surface area contributed by atoms with Gasteiger partial charge in [-0.2, -0.15) is 5.10 Å². The van der Waals surface area contributed by atoms with Crippen LogP contribution in [0.25, 0.3) is 0 Å². The molecule has 2 heterocycles. The number of pyridine rings is 1. The van der Waals surface area contributed by atoms with Crippen molar-refractivity contribution in [2.45, 2.75) is 13.5 Å². The first kappa shape index (κ1) is 11.0. The van der Waals surface area contributed by atoms with Crippen molar-refractivity contribution in [2.24, 2.45) is 7.05 Å². The van der Waals surface area contributed by atoms with Crippen molar-refractivity contribution in [2.75, 3.05) is 5.32 Å². The molecular weight excluding hydrogens is 224 g/mol. The zero-order chi connectivity index (χ0) is 11.5. The van der Waals surface area contributed by atoms with Gasteiger partial charge in [0.05, 0.1) is 18.1 Å². The fourth-order valence-electron chi connectivity index (χ4n) is 1.47. The topological polar surface area (TPSA) is 42.7 Å². The second-order valence-corrected chi connectivity index (χ2v) is 4.09. The molecular formula is C11H13ClN4. The van der Waals surface area contributed by atoms with Crippen molar-refractivity contribution in [3.63, 3.8) is 0 Å². The van der Waals surface area contributed by atoms with Crippen LogP contribution >= 0.6 is 11.6 Å². The Bertz CT molecular complexity index is 492. The number of anilines is 1. The van der Waals surface area contributed by atoms with Gasteiger partial charge in [0.15, 0.2) is 0 Å². The molecule has 0 amide bonds. The molecule has 0 atom stereocenters. The predicted molar refractivity (Wildman–Crippen MR) is 64.5 cm³/mol. The summed E-state index contributed by atoms with van der Waals surface area (Å²) in [5.41, 5.74) is 3.22. The number of halogens is 1. The van der Waals surface area contributed by atoms with Crippen LogP contribution in [0.4, 0.5) is 5.69 Å². The fraction of sp³-hybridized carbons (Fsp3) is 0.273. The van der Waals surface area contributed by atoms with Crippen molar-refractivity contribution in [1.82, 2.24) is 14.8 Å². The minimum atomic E-state index is 0.518. The molecule has 2 aromatic heterocycles. The van der Waals surface area contributed by atoms with Gasteiger partial charge < -0.3 is 5.32 Å². The second-order valence-electron chi connectivity index (χ2n) is 3.70. The van der Waals surface area contributed by atoms with E-state index in [0.717, 1.165) is 23.4 Å². The van der Waals surface area contributed by atoms with E-state index in [1.54, 1.807) is 10.9 Å². The average Bonchev–Trinajstić information content (AvgIpc) is 2.63. The molecule has 0 unspecified atom stereocenters. The quantitative estimate of drug-likeness (QED) is 0.833. The molecule has 0 aromatic carbocycles. The molecule has 2 aromatic rings. The lowest BCUT2D eigenvalue weighted by atomic mass is 10.2. The van der Waals surface area contributed by atoms with Crippen molar-refractivity contribution >= 4 is 17.3 Å². The molecule has 0 aliphatic rings. The molecule has 5 heteroatoms. The Morgan fingerprint density at radius 2 is 2.25 bits per heavy atom.